The molecule has 0 aliphatic heterocycles. The van der Waals surface area contributed by atoms with Crippen LogP contribution < -0.4 is 10.6 Å². The predicted molar refractivity (Wildman–Crippen MR) is 73.7 cm³/mol. The van der Waals surface area contributed by atoms with E-state index in [1.807, 2.05) is 45.0 Å². The third-order valence-corrected chi connectivity index (χ3v) is 3.31. The van der Waals surface area contributed by atoms with E-state index < -0.39 is 5.54 Å². The largest absolute Gasteiger partial charge is 0.394 e. The lowest BCUT2D eigenvalue weighted by atomic mass is 9.94. The molecular formula is C14H22N2O2. The maximum atomic E-state index is 11.9. The SMILES string of the molecule is CCC(CC)(CO)NC(=O)Nc1cccc(C)c1. The molecule has 0 saturated heterocycles. The molecule has 0 atom stereocenters. The molecule has 0 bridgehead atoms. The van der Waals surface area contributed by atoms with Crippen molar-refractivity contribution in [3.63, 3.8) is 0 Å². The second-order valence-electron chi connectivity index (χ2n) is 4.59. The van der Waals surface area contributed by atoms with Crippen LogP contribution in [0.15, 0.2) is 24.3 Å². The zero-order valence-corrected chi connectivity index (χ0v) is 11.3. The lowest BCUT2D eigenvalue weighted by molar-refractivity contribution is 0.155. The molecule has 4 nitrogen and oxygen atoms in total. The van der Waals surface area contributed by atoms with Crippen molar-refractivity contribution in [2.75, 3.05) is 11.9 Å². The molecule has 0 radical (unpaired) electrons. The number of nitrogens with one attached hydrogen (secondary N) is 2. The molecular weight excluding hydrogens is 228 g/mol. The fourth-order valence-corrected chi connectivity index (χ4v) is 1.82. The van der Waals surface area contributed by atoms with Crippen LogP contribution in [0.1, 0.15) is 32.3 Å². The summed E-state index contributed by atoms with van der Waals surface area (Å²) in [5, 5.41) is 15.0. The van der Waals surface area contributed by atoms with Crippen LogP contribution in [0.25, 0.3) is 0 Å². The molecule has 0 spiro atoms. The van der Waals surface area contributed by atoms with E-state index in [1.54, 1.807) is 0 Å². The first kappa shape index (κ1) is 14.5. The molecule has 0 aliphatic carbocycles. The van der Waals surface area contributed by atoms with Gasteiger partial charge in [-0.3, -0.25) is 0 Å². The monoisotopic (exact) mass is 250 g/mol. The van der Waals surface area contributed by atoms with Crippen LogP contribution in [0.5, 0.6) is 0 Å². The third kappa shape index (κ3) is 3.74. The van der Waals surface area contributed by atoms with Gasteiger partial charge in [-0.25, -0.2) is 4.79 Å². The van der Waals surface area contributed by atoms with Crippen molar-refractivity contribution in [2.24, 2.45) is 0 Å². The number of aryl methyl sites for hydroxylation is 1. The molecule has 0 aromatic heterocycles. The number of amides is 2. The summed E-state index contributed by atoms with van der Waals surface area (Å²) in [6.45, 7) is 5.82. The maximum absolute atomic E-state index is 11.9. The molecule has 2 amide bonds. The Morgan fingerprint density at radius 2 is 2.00 bits per heavy atom. The normalized spacial score (nSPS) is 11.1. The van der Waals surface area contributed by atoms with Gasteiger partial charge in [-0.1, -0.05) is 26.0 Å². The smallest absolute Gasteiger partial charge is 0.319 e. The molecule has 0 saturated carbocycles. The molecule has 0 fully saturated rings. The van der Waals surface area contributed by atoms with Gasteiger partial charge in [0.05, 0.1) is 12.1 Å². The lowest BCUT2D eigenvalue weighted by Crippen LogP contribution is -2.52. The molecule has 0 unspecified atom stereocenters. The van der Waals surface area contributed by atoms with Crippen molar-refractivity contribution in [1.82, 2.24) is 5.32 Å². The van der Waals surface area contributed by atoms with Crippen LogP contribution in [-0.2, 0) is 0 Å². The van der Waals surface area contributed by atoms with Gasteiger partial charge in [0.15, 0.2) is 0 Å². The van der Waals surface area contributed by atoms with Crippen LogP contribution in [0.2, 0.25) is 0 Å². The molecule has 0 heterocycles. The lowest BCUT2D eigenvalue weighted by Gasteiger charge is -2.30. The Morgan fingerprint density at radius 1 is 1.33 bits per heavy atom. The average molecular weight is 250 g/mol. The summed E-state index contributed by atoms with van der Waals surface area (Å²) < 4.78 is 0. The molecule has 100 valence electrons. The van der Waals surface area contributed by atoms with Crippen LogP contribution in [0.3, 0.4) is 0 Å². The van der Waals surface area contributed by atoms with Crippen molar-refractivity contribution >= 4 is 11.7 Å². The zero-order valence-electron chi connectivity index (χ0n) is 11.3. The Hall–Kier alpha value is -1.55. The van der Waals surface area contributed by atoms with Gasteiger partial charge >= 0.3 is 6.03 Å². The molecule has 3 N–H and O–H groups in total. The van der Waals surface area contributed by atoms with Crippen LogP contribution in [0, 0.1) is 6.92 Å². The number of carbonyl (C=O) groups excluding carboxylic acids is 1. The highest BCUT2D eigenvalue weighted by molar-refractivity contribution is 5.89. The van der Waals surface area contributed by atoms with Gasteiger partial charge in [0, 0.05) is 5.69 Å². The van der Waals surface area contributed by atoms with Gasteiger partial charge in [-0.05, 0) is 37.5 Å². The van der Waals surface area contributed by atoms with Crippen LogP contribution in [0.4, 0.5) is 10.5 Å². The highest BCUT2D eigenvalue weighted by atomic mass is 16.3. The van der Waals surface area contributed by atoms with Crippen molar-refractivity contribution < 1.29 is 9.90 Å². The Balaban J connectivity index is 2.66. The van der Waals surface area contributed by atoms with Crippen molar-refractivity contribution in [1.29, 1.82) is 0 Å². The number of hydrogen-bond acceptors (Lipinski definition) is 2. The second kappa shape index (κ2) is 6.40. The Labute approximate surface area is 108 Å². The number of aliphatic hydroxyl groups excluding tert-OH is 1. The molecule has 1 rings (SSSR count). The minimum absolute atomic E-state index is 0.0543. The summed E-state index contributed by atoms with van der Waals surface area (Å²) in [6, 6.07) is 7.32. The van der Waals surface area contributed by atoms with E-state index in [4.69, 9.17) is 0 Å². The number of rotatable bonds is 5. The van der Waals surface area contributed by atoms with E-state index in [9.17, 15) is 9.90 Å². The third-order valence-electron chi connectivity index (χ3n) is 3.31. The van der Waals surface area contributed by atoms with Crippen molar-refractivity contribution in [2.45, 2.75) is 39.2 Å². The molecule has 4 heteroatoms. The summed E-state index contributed by atoms with van der Waals surface area (Å²) in [7, 11) is 0. The highest BCUT2D eigenvalue weighted by Crippen LogP contribution is 2.15. The van der Waals surface area contributed by atoms with E-state index in [0.717, 1.165) is 11.3 Å². The Kier molecular flexibility index (Phi) is 5.16. The van der Waals surface area contributed by atoms with E-state index in [1.165, 1.54) is 0 Å². The van der Waals surface area contributed by atoms with Gasteiger partial charge < -0.3 is 15.7 Å². The van der Waals surface area contributed by atoms with Gasteiger partial charge in [0.2, 0.25) is 0 Å². The maximum Gasteiger partial charge on any atom is 0.319 e. The minimum atomic E-state index is -0.534. The summed E-state index contributed by atoms with van der Waals surface area (Å²) in [5.41, 5.74) is 1.31. The van der Waals surface area contributed by atoms with Crippen LogP contribution >= 0.6 is 0 Å². The van der Waals surface area contributed by atoms with Gasteiger partial charge in [0.1, 0.15) is 0 Å². The van der Waals surface area contributed by atoms with Crippen molar-refractivity contribution in [3.8, 4) is 0 Å². The fraction of sp³-hybridized carbons (Fsp3) is 0.500. The zero-order chi connectivity index (χ0) is 13.6. The number of carbonyl (C=O) groups is 1. The van der Waals surface area contributed by atoms with E-state index in [0.29, 0.717) is 12.8 Å². The highest BCUT2D eigenvalue weighted by Gasteiger charge is 2.27. The molecule has 1 aromatic carbocycles. The van der Waals surface area contributed by atoms with Crippen molar-refractivity contribution in [3.05, 3.63) is 29.8 Å². The minimum Gasteiger partial charge on any atom is -0.394 e. The summed E-state index contributed by atoms with van der Waals surface area (Å²) in [5.74, 6) is 0. The van der Waals surface area contributed by atoms with Crippen LogP contribution in [-0.4, -0.2) is 23.3 Å². The van der Waals surface area contributed by atoms with E-state index in [2.05, 4.69) is 10.6 Å². The fourth-order valence-electron chi connectivity index (χ4n) is 1.82. The first-order valence-electron chi connectivity index (χ1n) is 6.32. The quantitative estimate of drug-likeness (QED) is 0.752. The molecule has 18 heavy (non-hydrogen) atoms. The summed E-state index contributed by atoms with van der Waals surface area (Å²) in [4.78, 5) is 11.9. The average Bonchev–Trinajstić information content (AvgIpc) is 2.36. The predicted octanol–water partition coefficient (Wildman–Crippen LogP) is 2.67. The second-order valence-corrected chi connectivity index (χ2v) is 4.59. The summed E-state index contributed by atoms with van der Waals surface area (Å²) >= 11 is 0. The molecule has 1 aromatic rings. The summed E-state index contributed by atoms with van der Waals surface area (Å²) in [6.07, 6.45) is 1.39. The number of aliphatic hydroxyl groups is 1. The van der Waals surface area contributed by atoms with Gasteiger partial charge in [0.25, 0.3) is 0 Å². The van der Waals surface area contributed by atoms with E-state index in [-0.39, 0.29) is 12.6 Å². The number of urea groups is 1. The van der Waals surface area contributed by atoms with Gasteiger partial charge in [-0.15, -0.1) is 0 Å². The first-order valence-corrected chi connectivity index (χ1v) is 6.32. The number of benzene rings is 1. The molecule has 0 aliphatic rings. The topological polar surface area (TPSA) is 61.4 Å². The number of anilines is 1. The first-order chi connectivity index (χ1) is 8.55. The Morgan fingerprint density at radius 3 is 2.50 bits per heavy atom. The number of hydrogen-bond donors (Lipinski definition) is 3. The van der Waals surface area contributed by atoms with Gasteiger partial charge in [-0.2, -0.15) is 0 Å². The Bertz CT molecular complexity index is 392. The standard InChI is InChI=1S/C14H22N2O2/c1-4-14(5-2,10-17)16-13(18)15-12-8-6-7-11(3)9-12/h6-9,17H,4-5,10H2,1-3H3,(H2,15,16,18). The van der Waals surface area contributed by atoms with E-state index >= 15 is 0 Å².